The van der Waals surface area contributed by atoms with Gasteiger partial charge in [0.2, 0.25) is 0 Å². The highest BCUT2D eigenvalue weighted by atomic mass is 32.1. The monoisotopic (exact) mass is 375 g/mol. The molecule has 4 aromatic rings. The Balaban J connectivity index is 1.47. The zero-order chi connectivity index (χ0) is 18.1. The van der Waals surface area contributed by atoms with Crippen LogP contribution in [0.15, 0.2) is 66.3 Å². The van der Waals surface area contributed by atoms with Gasteiger partial charge in [0.05, 0.1) is 5.39 Å². The van der Waals surface area contributed by atoms with Crippen LogP contribution in [0.2, 0.25) is 0 Å². The van der Waals surface area contributed by atoms with Crippen LogP contribution in [0.5, 0.6) is 11.5 Å². The van der Waals surface area contributed by atoms with Crippen molar-refractivity contribution in [3.8, 4) is 11.5 Å². The molecule has 3 heterocycles. The maximum Gasteiger partial charge on any atom is 0.162 e. The van der Waals surface area contributed by atoms with Crippen molar-refractivity contribution >= 4 is 27.4 Å². The molecule has 0 aliphatic carbocycles. The van der Waals surface area contributed by atoms with E-state index in [4.69, 9.17) is 9.47 Å². The van der Waals surface area contributed by atoms with Crippen LogP contribution in [-0.2, 0) is 6.54 Å². The summed E-state index contributed by atoms with van der Waals surface area (Å²) in [6.07, 6.45) is 1.42. The maximum absolute atomic E-state index is 6.20. The molecule has 2 aromatic heterocycles. The standard InChI is InChI=1S/C21H17N3O2S/c1-2-6-14(7-3-1)10-22-20-19-15(12-27-21(19)24-13-23-20)18-11-25-16-8-4-5-9-17(16)26-18/h1-9,12-13,18H,10-11H2,(H,22,23,24)/t18-/m1/s1. The van der Waals surface area contributed by atoms with Crippen molar-refractivity contribution in [3.63, 3.8) is 0 Å². The SMILES string of the molecule is c1ccc(CNc2ncnc3scc([C@H]4COc5ccccc5O4)c23)cc1. The molecule has 0 bridgehead atoms. The summed E-state index contributed by atoms with van der Waals surface area (Å²) < 4.78 is 12.1. The molecule has 134 valence electrons. The van der Waals surface area contributed by atoms with E-state index in [-0.39, 0.29) is 6.10 Å². The van der Waals surface area contributed by atoms with Crippen LogP contribution < -0.4 is 14.8 Å². The number of nitrogens with one attached hydrogen (secondary N) is 1. The highest BCUT2D eigenvalue weighted by Crippen LogP contribution is 2.40. The highest BCUT2D eigenvalue weighted by Gasteiger charge is 2.26. The molecule has 0 radical (unpaired) electrons. The summed E-state index contributed by atoms with van der Waals surface area (Å²) in [7, 11) is 0. The number of rotatable bonds is 4. The Morgan fingerprint density at radius 1 is 1.00 bits per heavy atom. The first-order valence-corrected chi connectivity index (χ1v) is 9.65. The van der Waals surface area contributed by atoms with E-state index in [0.717, 1.165) is 33.1 Å². The quantitative estimate of drug-likeness (QED) is 0.554. The van der Waals surface area contributed by atoms with Crippen molar-refractivity contribution in [1.82, 2.24) is 9.97 Å². The third-order valence-corrected chi connectivity index (χ3v) is 5.46. The largest absolute Gasteiger partial charge is 0.485 e. The van der Waals surface area contributed by atoms with Gasteiger partial charge in [0.1, 0.15) is 23.6 Å². The van der Waals surface area contributed by atoms with Crippen LogP contribution in [-0.4, -0.2) is 16.6 Å². The lowest BCUT2D eigenvalue weighted by Crippen LogP contribution is -2.21. The van der Waals surface area contributed by atoms with E-state index in [1.54, 1.807) is 17.7 Å². The molecule has 0 unspecified atom stereocenters. The number of fused-ring (bicyclic) bond motifs is 2. The first-order chi connectivity index (χ1) is 13.4. The van der Waals surface area contributed by atoms with E-state index in [9.17, 15) is 0 Å². The topological polar surface area (TPSA) is 56.3 Å². The number of hydrogen-bond acceptors (Lipinski definition) is 6. The smallest absolute Gasteiger partial charge is 0.162 e. The Bertz CT molecular complexity index is 1080. The molecule has 1 aliphatic heterocycles. The van der Waals surface area contributed by atoms with Crippen molar-refractivity contribution in [2.24, 2.45) is 0 Å². The summed E-state index contributed by atoms with van der Waals surface area (Å²) in [6.45, 7) is 1.17. The number of hydrogen-bond donors (Lipinski definition) is 1. The Morgan fingerprint density at radius 3 is 2.70 bits per heavy atom. The van der Waals surface area contributed by atoms with Crippen LogP contribution >= 0.6 is 11.3 Å². The number of benzene rings is 2. The predicted molar refractivity (Wildman–Crippen MR) is 106 cm³/mol. The van der Waals surface area contributed by atoms with E-state index >= 15 is 0 Å². The number of ether oxygens (including phenoxy) is 2. The molecular formula is C21H17N3O2S. The molecule has 1 atom stereocenters. The summed E-state index contributed by atoms with van der Waals surface area (Å²) in [5.41, 5.74) is 2.26. The van der Waals surface area contributed by atoms with Gasteiger partial charge in [-0.3, -0.25) is 0 Å². The van der Waals surface area contributed by atoms with Crippen LogP contribution in [0, 0.1) is 0 Å². The van der Waals surface area contributed by atoms with E-state index in [1.165, 1.54) is 5.56 Å². The summed E-state index contributed by atoms with van der Waals surface area (Å²) in [4.78, 5) is 9.85. The normalized spacial score (nSPS) is 15.6. The van der Waals surface area contributed by atoms with Gasteiger partial charge < -0.3 is 14.8 Å². The Morgan fingerprint density at radius 2 is 1.81 bits per heavy atom. The molecule has 0 saturated heterocycles. The molecule has 5 rings (SSSR count). The lowest BCUT2D eigenvalue weighted by Gasteiger charge is -2.26. The van der Waals surface area contributed by atoms with E-state index in [2.05, 4.69) is 32.8 Å². The van der Waals surface area contributed by atoms with Crippen molar-refractivity contribution in [3.05, 3.63) is 77.4 Å². The van der Waals surface area contributed by atoms with Crippen LogP contribution in [0.25, 0.3) is 10.2 Å². The van der Waals surface area contributed by atoms with Crippen molar-refractivity contribution in [2.75, 3.05) is 11.9 Å². The predicted octanol–water partition coefficient (Wildman–Crippen LogP) is 4.82. The molecular weight excluding hydrogens is 358 g/mol. The van der Waals surface area contributed by atoms with Gasteiger partial charge in [-0.1, -0.05) is 42.5 Å². The molecule has 6 heteroatoms. The minimum absolute atomic E-state index is 0.183. The van der Waals surface area contributed by atoms with E-state index in [0.29, 0.717) is 13.2 Å². The van der Waals surface area contributed by atoms with Gasteiger partial charge in [0, 0.05) is 17.5 Å². The molecule has 27 heavy (non-hydrogen) atoms. The fraction of sp³-hybridized carbons (Fsp3) is 0.143. The zero-order valence-corrected chi connectivity index (χ0v) is 15.3. The van der Waals surface area contributed by atoms with Gasteiger partial charge in [-0.25, -0.2) is 9.97 Å². The van der Waals surface area contributed by atoms with Gasteiger partial charge in [-0.2, -0.15) is 0 Å². The van der Waals surface area contributed by atoms with E-state index in [1.807, 2.05) is 42.5 Å². The minimum Gasteiger partial charge on any atom is -0.485 e. The van der Waals surface area contributed by atoms with Crippen LogP contribution in [0.1, 0.15) is 17.2 Å². The molecule has 0 spiro atoms. The summed E-state index contributed by atoms with van der Waals surface area (Å²) >= 11 is 1.60. The Hall–Kier alpha value is -3.12. The van der Waals surface area contributed by atoms with Gasteiger partial charge in [0.25, 0.3) is 0 Å². The second-order valence-electron chi connectivity index (χ2n) is 6.30. The van der Waals surface area contributed by atoms with Crippen LogP contribution in [0.4, 0.5) is 5.82 Å². The third-order valence-electron chi connectivity index (χ3n) is 4.56. The fourth-order valence-electron chi connectivity index (χ4n) is 3.22. The summed E-state index contributed by atoms with van der Waals surface area (Å²) in [6, 6.07) is 18.0. The molecule has 5 nitrogen and oxygen atoms in total. The van der Waals surface area contributed by atoms with Gasteiger partial charge >= 0.3 is 0 Å². The lowest BCUT2D eigenvalue weighted by atomic mass is 10.1. The van der Waals surface area contributed by atoms with Crippen molar-refractivity contribution < 1.29 is 9.47 Å². The number of para-hydroxylation sites is 2. The third kappa shape index (κ3) is 3.08. The fourth-order valence-corrected chi connectivity index (χ4v) is 4.17. The second-order valence-corrected chi connectivity index (χ2v) is 7.15. The highest BCUT2D eigenvalue weighted by molar-refractivity contribution is 7.17. The minimum atomic E-state index is -0.183. The Labute approximate surface area is 160 Å². The molecule has 0 saturated carbocycles. The summed E-state index contributed by atoms with van der Waals surface area (Å²) in [5.74, 6) is 2.37. The molecule has 1 aliphatic rings. The molecule has 1 N–H and O–H groups in total. The molecule has 0 fully saturated rings. The van der Waals surface area contributed by atoms with Crippen molar-refractivity contribution in [2.45, 2.75) is 12.6 Å². The van der Waals surface area contributed by atoms with Gasteiger partial charge in [-0.05, 0) is 17.7 Å². The first-order valence-electron chi connectivity index (χ1n) is 8.77. The average molecular weight is 375 g/mol. The second kappa shape index (κ2) is 6.89. The van der Waals surface area contributed by atoms with E-state index < -0.39 is 0 Å². The Kier molecular flexibility index (Phi) is 4.10. The van der Waals surface area contributed by atoms with Gasteiger partial charge in [-0.15, -0.1) is 11.3 Å². The average Bonchev–Trinajstić information content (AvgIpc) is 3.17. The maximum atomic E-state index is 6.20. The molecule has 2 aromatic carbocycles. The number of nitrogens with zero attached hydrogens (tertiary/aromatic N) is 2. The first kappa shape index (κ1) is 16.1. The van der Waals surface area contributed by atoms with Crippen LogP contribution in [0.3, 0.4) is 0 Å². The molecule has 0 amide bonds. The van der Waals surface area contributed by atoms with Gasteiger partial charge in [0.15, 0.2) is 17.6 Å². The summed E-state index contributed by atoms with van der Waals surface area (Å²) in [5, 5.41) is 6.55. The van der Waals surface area contributed by atoms with Crippen molar-refractivity contribution in [1.29, 1.82) is 0 Å². The lowest BCUT2D eigenvalue weighted by molar-refractivity contribution is 0.0925. The number of anilines is 1. The number of aromatic nitrogens is 2. The zero-order valence-electron chi connectivity index (χ0n) is 14.5. The number of thiophene rings is 1.